The second kappa shape index (κ2) is 9.51. The molecule has 2 heterocycles. The third-order valence-corrected chi connectivity index (χ3v) is 6.09. The Bertz CT molecular complexity index is 885. The second-order valence-corrected chi connectivity index (χ2v) is 8.48. The fourth-order valence-electron chi connectivity index (χ4n) is 4.64. The number of aromatic nitrogens is 3. The van der Waals surface area contributed by atoms with Crippen molar-refractivity contribution in [2.24, 2.45) is 11.7 Å². The molecule has 3 N–H and O–H groups in total. The van der Waals surface area contributed by atoms with Crippen molar-refractivity contribution in [1.82, 2.24) is 19.9 Å². The van der Waals surface area contributed by atoms with Crippen molar-refractivity contribution in [3.63, 3.8) is 0 Å². The Kier molecular flexibility index (Phi) is 6.57. The Hall–Kier alpha value is -2.24. The highest BCUT2D eigenvalue weighted by Crippen LogP contribution is 2.34. The van der Waals surface area contributed by atoms with E-state index in [0.717, 1.165) is 49.3 Å². The van der Waals surface area contributed by atoms with Crippen LogP contribution in [0.5, 0.6) is 0 Å². The van der Waals surface area contributed by atoms with Gasteiger partial charge in [0.1, 0.15) is 5.82 Å². The molecule has 3 aromatic rings. The van der Waals surface area contributed by atoms with Gasteiger partial charge in [0.2, 0.25) is 0 Å². The van der Waals surface area contributed by atoms with Crippen LogP contribution in [-0.4, -0.2) is 32.9 Å². The molecular weight excluding hydrogens is 358 g/mol. The van der Waals surface area contributed by atoms with E-state index >= 15 is 0 Å². The number of nitrogens with two attached hydrogens (primary N) is 1. The first-order valence-electron chi connectivity index (χ1n) is 11.1. The van der Waals surface area contributed by atoms with Crippen molar-refractivity contribution in [3.05, 3.63) is 59.7 Å². The van der Waals surface area contributed by atoms with Crippen molar-refractivity contribution in [2.45, 2.75) is 58.0 Å². The number of benzene rings is 1. The molecule has 2 atom stereocenters. The number of hydrogen-bond acceptors (Lipinski definition) is 4. The number of aromatic amines is 1. The first-order valence-corrected chi connectivity index (χ1v) is 11.1. The quantitative estimate of drug-likeness (QED) is 0.523. The third kappa shape index (κ3) is 4.85. The fraction of sp³-hybridized carbons (Fsp3) is 0.500. The molecular formula is C24H33N5. The van der Waals surface area contributed by atoms with Gasteiger partial charge in [-0.3, -0.25) is 9.88 Å². The summed E-state index contributed by atoms with van der Waals surface area (Å²) in [4.78, 5) is 15.8. The number of rotatable bonds is 9. The average Bonchev–Trinajstić information content (AvgIpc) is 3.15. The van der Waals surface area contributed by atoms with Gasteiger partial charge in [0.15, 0.2) is 0 Å². The Morgan fingerprint density at radius 3 is 2.97 bits per heavy atom. The highest BCUT2D eigenvalue weighted by atomic mass is 15.2. The lowest BCUT2D eigenvalue weighted by Gasteiger charge is -2.36. The first kappa shape index (κ1) is 20.0. The molecule has 5 nitrogen and oxygen atoms in total. The molecule has 1 aliphatic rings. The van der Waals surface area contributed by atoms with Gasteiger partial charge >= 0.3 is 0 Å². The number of pyridine rings is 1. The van der Waals surface area contributed by atoms with Crippen LogP contribution in [0.1, 0.15) is 62.2 Å². The number of unbranched alkanes of at least 4 members (excludes halogenated alkanes) is 1. The summed E-state index contributed by atoms with van der Waals surface area (Å²) in [6, 6.07) is 13.0. The molecule has 0 aliphatic heterocycles. The summed E-state index contributed by atoms with van der Waals surface area (Å²) in [5, 5.41) is 0. The number of para-hydroxylation sites is 2. The molecule has 0 radical (unpaired) electrons. The topological polar surface area (TPSA) is 70.8 Å². The van der Waals surface area contributed by atoms with Crippen molar-refractivity contribution in [1.29, 1.82) is 0 Å². The zero-order chi connectivity index (χ0) is 20.1. The van der Waals surface area contributed by atoms with E-state index in [2.05, 4.69) is 47.1 Å². The second-order valence-electron chi connectivity index (χ2n) is 8.48. The van der Waals surface area contributed by atoms with Crippen molar-refractivity contribution in [3.8, 4) is 0 Å². The number of nitrogens with one attached hydrogen (secondary N) is 1. The van der Waals surface area contributed by atoms with Crippen LogP contribution in [0.4, 0.5) is 0 Å². The predicted molar refractivity (Wildman–Crippen MR) is 118 cm³/mol. The SMILES string of the molecule is C[C@@H](CCCCN)CN(Cc1nc2ccccc2[nH]1)C1CCCc2cccnc21. The maximum Gasteiger partial charge on any atom is 0.121 e. The van der Waals surface area contributed by atoms with Gasteiger partial charge in [-0.15, -0.1) is 0 Å². The van der Waals surface area contributed by atoms with Crippen molar-refractivity contribution < 1.29 is 0 Å². The minimum atomic E-state index is 0.366. The lowest BCUT2D eigenvalue weighted by molar-refractivity contribution is 0.137. The molecule has 154 valence electrons. The minimum absolute atomic E-state index is 0.366. The summed E-state index contributed by atoms with van der Waals surface area (Å²) in [5.41, 5.74) is 10.5. The Morgan fingerprint density at radius 2 is 2.10 bits per heavy atom. The van der Waals surface area contributed by atoms with E-state index in [9.17, 15) is 0 Å². The average molecular weight is 392 g/mol. The van der Waals surface area contributed by atoms with Crippen LogP contribution in [0.25, 0.3) is 11.0 Å². The maximum atomic E-state index is 5.69. The van der Waals surface area contributed by atoms with Gasteiger partial charge in [-0.2, -0.15) is 0 Å². The predicted octanol–water partition coefficient (Wildman–Crippen LogP) is 4.60. The van der Waals surface area contributed by atoms with Gasteiger partial charge in [0.05, 0.1) is 29.3 Å². The van der Waals surface area contributed by atoms with E-state index < -0.39 is 0 Å². The van der Waals surface area contributed by atoms with E-state index in [1.54, 1.807) is 0 Å². The summed E-state index contributed by atoms with van der Waals surface area (Å²) in [6.45, 7) is 5.04. The molecule has 1 aliphatic carbocycles. The molecule has 2 aromatic heterocycles. The monoisotopic (exact) mass is 391 g/mol. The van der Waals surface area contributed by atoms with E-state index in [1.807, 2.05) is 12.3 Å². The molecule has 1 unspecified atom stereocenters. The number of fused-ring (bicyclic) bond motifs is 2. The van der Waals surface area contributed by atoms with Crippen LogP contribution in [0, 0.1) is 5.92 Å². The molecule has 0 amide bonds. The smallest absolute Gasteiger partial charge is 0.121 e. The summed E-state index contributed by atoms with van der Waals surface area (Å²) in [5.74, 6) is 1.67. The summed E-state index contributed by atoms with van der Waals surface area (Å²) >= 11 is 0. The molecule has 0 saturated carbocycles. The van der Waals surface area contributed by atoms with Crippen LogP contribution in [0.15, 0.2) is 42.6 Å². The zero-order valence-electron chi connectivity index (χ0n) is 17.5. The van der Waals surface area contributed by atoms with E-state index in [-0.39, 0.29) is 0 Å². The summed E-state index contributed by atoms with van der Waals surface area (Å²) in [6.07, 6.45) is 9.01. The Morgan fingerprint density at radius 1 is 1.21 bits per heavy atom. The summed E-state index contributed by atoms with van der Waals surface area (Å²) in [7, 11) is 0. The van der Waals surface area contributed by atoms with Gasteiger partial charge in [0, 0.05) is 12.7 Å². The highest BCUT2D eigenvalue weighted by molar-refractivity contribution is 5.74. The van der Waals surface area contributed by atoms with E-state index in [1.165, 1.54) is 36.9 Å². The molecule has 29 heavy (non-hydrogen) atoms. The molecule has 0 fully saturated rings. The van der Waals surface area contributed by atoms with Crippen LogP contribution in [0.3, 0.4) is 0 Å². The number of hydrogen-bond donors (Lipinski definition) is 2. The van der Waals surface area contributed by atoms with Gasteiger partial charge < -0.3 is 10.7 Å². The summed E-state index contributed by atoms with van der Waals surface area (Å²) < 4.78 is 0. The number of aryl methyl sites for hydroxylation is 1. The molecule has 1 aromatic carbocycles. The Labute approximate surface area is 173 Å². The van der Waals surface area contributed by atoms with E-state index in [4.69, 9.17) is 15.7 Å². The van der Waals surface area contributed by atoms with Crippen molar-refractivity contribution in [2.75, 3.05) is 13.1 Å². The highest BCUT2D eigenvalue weighted by Gasteiger charge is 2.28. The minimum Gasteiger partial charge on any atom is -0.341 e. The lowest BCUT2D eigenvalue weighted by Crippen LogP contribution is -2.35. The van der Waals surface area contributed by atoms with Crippen molar-refractivity contribution >= 4 is 11.0 Å². The van der Waals surface area contributed by atoms with E-state index in [0.29, 0.717) is 12.0 Å². The largest absolute Gasteiger partial charge is 0.341 e. The third-order valence-electron chi connectivity index (χ3n) is 6.09. The lowest BCUT2D eigenvalue weighted by atomic mass is 9.90. The molecule has 0 saturated heterocycles. The molecule has 0 spiro atoms. The Balaban J connectivity index is 1.57. The maximum absolute atomic E-state index is 5.69. The van der Waals surface area contributed by atoms with Crippen LogP contribution in [-0.2, 0) is 13.0 Å². The number of imidazole rings is 1. The van der Waals surface area contributed by atoms with Gasteiger partial charge in [-0.05, 0) is 68.3 Å². The molecule has 5 heteroatoms. The van der Waals surface area contributed by atoms with Crippen LogP contribution in [0.2, 0.25) is 0 Å². The van der Waals surface area contributed by atoms with Gasteiger partial charge in [-0.1, -0.05) is 31.5 Å². The van der Waals surface area contributed by atoms with Gasteiger partial charge in [-0.25, -0.2) is 4.98 Å². The van der Waals surface area contributed by atoms with Gasteiger partial charge in [0.25, 0.3) is 0 Å². The molecule has 0 bridgehead atoms. The normalized spacial score (nSPS) is 17.6. The standard InChI is InChI=1S/C24H33N5/c1-18(8-4-5-14-25)16-29(17-23-27-20-11-2-3-12-21(20)28-23)22-13-6-9-19-10-7-15-26-24(19)22/h2-3,7,10-12,15,18,22H,4-6,8-9,13-14,16-17,25H2,1H3,(H,27,28)/t18-,22?/m0/s1. The zero-order valence-corrected chi connectivity index (χ0v) is 17.5. The van der Waals surface area contributed by atoms with Crippen LogP contribution < -0.4 is 5.73 Å². The number of H-pyrrole nitrogens is 1. The number of nitrogens with zero attached hydrogens (tertiary/aromatic N) is 3. The molecule has 4 rings (SSSR count). The van der Waals surface area contributed by atoms with Crippen LogP contribution >= 0.6 is 0 Å². The fourth-order valence-corrected chi connectivity index (χ4v) is 4.64. The first-order chi connectivity index (χ1) is 14.2.